The number of rotatable bonds is 4. The Hall–Kier alpha value is -1.91. The molecule has 1 saturated heterocycles. The van der Waals surface area contributed by atoms with Crippen molar-refractivity contribution in [3.63, 3.8) is 0 Å². The van der Waals surface area contributed by atoms with Crippen molar-refractivity contribution in [1.82, 2.24) is 15.2 Å². The predicted octanol–water partition coefficient (Wildman–Crippen LogP) is 1.49. The number of pyridine rings is 1. The second kappa shape index (κ2) is 5.84. The maximum atomic E-state index is 12.6. The number of carbonyl (C=O) groups excluding carboxylic acids is 2. The Bertz CT molecular complexity index is 520. The zero-order valence-electron chi connectivity index (χ0n) is 12.2. The Balaban J connectivity index is 1.59. The highest BCUT2D eigenvalue weighted by Gasteiger charge is 2.57. The standard InChI is InChI=1S/C16H21N3O2/c20-14(18-12-13-6-2-3-9-17-13)16(7-8-16)15(21)19-10-4-1-5-11-19/h2-3,6,9H,1,4-5,7-8,10-12H2,(H,18,20). The molecule has 0 atom stereocenters. The third kappa shape index (κ3) is 2.91. The quantitative estimate of drug-likeness (QED) is 0.853. The zero-order chi connectivity index (χ0) is 14.7. The van der Waals surface area contributed by atoms with Gasteiger partial charge in [-0.25, -0.2) is 0 Å². The molecular formula is C16H21N3O2. The summed E-state index contributed by atoms with van der Waals surface area (Å²) in [6, 6.07) is 5.60. The largest absolute Gasteiger partial charge is 0.350 e. The molecule has 0 spiro atoms. The van der Waals surface area contributed by atoms with Crippen molar-refractivity contribution in [1.29, 1.82) is 0 Å². The fourth-order valence-corrected chi connectivity index (χ4v) is 2.91. The van der Waals surface area contributed by atoms with Gasteiger partial charge >= 0.3 is 0 Å². The molecule has 112 valence electrons. The number of likely N-dealkylation sites (tertiary alicyclic amines) is 1. The van der Waals surface area contributed by atoms with Crippen molar-refractivity contribution in [2.45, 2.75) is 38.6 Å². The molecule has 0 radical (unpaired) electrons. The van der Waals surface area contributed by atoms with Gasteiger partial charge in [0.25, 0.3) is 0 Å². The van der Waals surface area contributed by atoms with Gasteiger partial charge < -0.3 is 10.2 Å². The summed E-state index contributed by atoms with van der Waals surface area (Å²) >= 11 is 0. The summed E-state index contributed by atoms with van der Waals surface area (Å²) in [6.45, 7) is 1.98. The zero-order valence-corrected chi connectivity index (χ0v) is 12.2. The van der Waals surface area contributed by atoms with Crippen LogP contribution in [0.4, 0.5) is 0 Å². The highest BCUT2D eigenvalue weighted by atomic mass is 16.2. The van der Waals surface area contributed by atoms with E-state index in [0.29, 0.717) is 19.4 Å². The molecule has 21 heavy (non-hydrogen) atoms. The first-order valence-corrected chi connectivity index (χ1v) is 7.70. The molecule has 2 fully saturated rings. The molecule has 1 aromatic heterocycles. The lowest BCUT2D eigenvalue weighted by molar-refractivity contribution is -0.145. The fraction of sp³-hybridized carbons (Fsp3) is 0.562. The molecular weight excluding hydrogens is 266 g/mol. The first-order valence-electron chi connectivity index (χ1n) is 7.70. The normalized spacial score (nSPS) is 19.9. The van der Waals surface area contributed by atoms with E-state index in [1.54, 1.807) is 6.20 Å². The van der Waals surface area contributed by atoms with Crippen LogP contribution < -0.4 is 5.32 Å². The van der Waals surface area contributed by atoms with Gasteiger partial charge in [-0.3, -0.25) is 14.6 Å². The molecule has 0 bridgehead atoms. The van der Waals surface area contributed by atoms with E-state index in [-0.39, 0.29) is 11.8 Å². The average Bonchev–Trinajstić information content (AvgIpc) is 3.35. The van der Waals surface area contributed by atoms with Crippen molar-refractivity contribution >= 4 is 11.8 Å². The molecule has 1 aliphatic carbocycles. The summed E-state index contributed by atoms with van der Waals surface area (Å²) in [6.07, 6.45) is 6.34. The number of amides is 2. The summed E-state index contributed by atoms with van der Waals surface area (Å²) in [5.41, 5.74) is 0.0265. The van der Waals surface area contributed by atoms with Gasteiger partial charge in [0.2, 0.25) is 11.8 Å². The average molecular weight is 287 g/mol. The van der Waals surface area contributed by atoms with Crippen molar-refractivity contribution < 1.29 is 9.59 Å². The van der Waals surface area contributed by atoms with Crippen LogP contribution in [0.5, 0.6) is 0 Å². The second-order valence-corrected chi connectivity index (χ2v) is 5.94. The Morgan fingerprint density at radius 1 is 1.19 bits per heavy atom. The predicted molar refractivity (Wildman–Crippen MR) is 78.2 cm³/mol. The van der Waals surface area contributed by atoms with Gasteiger partial charge in [-0.15, -0.1) is 0 Å². The third-order valence-corrected chi connectivity index (χ3v) is 4.39. The Morgan fingerprint density at radius 2 is 1.95 bits per heavy atom. The summed E-state index contributed by atoms with van der Waals surface area (Å²) in [5, 5.41) is 2.87. The maximum absolute atomic E-state index is 12.6. The third-order valence-electron chi connectivity index (χ3n) is 4.39. The van der Waals surface area contributed by atoms with Crippen LogP contribution >= 0.6 is 0 Å². The monoisotopic (exact) mass is 287 g/mol. The molecule has 5 heteroatoms. The molecule has 0 aromatic carbocycles. The number of carbonyl (C=O) groups is 2. The van der Waals surface area contributed by atoms with Gasteiger partial charge in [-0.05, 0) is 44.2 Å². The van der Waals surface area contributed by atoms with Crippen LogP contribution in [0.25, 0.3) is 0 Å². The summed E-state index contributed by atoms with van der Waals surface area (Å²) in [4.78, 5) is 31.0. The van der Waals surface area contributed by atoms with Gasteiger partial charge in [0.1, 0.15) is 5.41 Å². The summed E-state index contributed by atoms with van der Waals surface area (Å²) in [7, 11) is 0. The molecule has 0 unspecified atom stereocenters. The van der Waals surface area contributed by atoms with Crippen LogP contribution in [-0.4, -0.2) is 34.8 Å². The van der Waals surface area contributed by atoms with Gasteiger partial charge in [0.05, 0.1) is 12.2 Å². The van der Waals surface area contributed by atoms with Crippen LogP contribution in [0.3, 0.4) is 0 Å². The van der Waals surface area contributed by atoms with E-state index in [9.17, 15) is 9.59 Å². The molecule has 1 aromatic rings. The minimum absolute atomic E-state index is 0.0284. The molecule has 1 aliphatic heterocycles. The topological polar surface area (TPSA) is 62.3 Å². The molecule has 2 amide bonds. The highest BCUT2D eigenvalue weighted by molar-refractivity contribution is 6.07. The maximum Gasteiger partial charge on any atom is 0.238 e. The van der Waals surface area contributed by atoms with Gasteiger partial charge in [-0.2, -0.15) is 0 Å². The molecule has 1 N–H and O–H groups in total. The van der Waals surface area contributed by atoms with Gasteiger partial charge in [-0.1, -0.05) is 6.07 Å². The van der Waals surface area contributed by atoms with Crippen LogP contribution in [0.1, 0.15) is 37.8 Å². The Kier molecular flexibility index (Phi) is 3.90. The van der Waals surface area contributed by atoms with E-state index >= 15 is 0 Å². The minimum Gasteiger partial charge on any atom is -0.350 e. The van der Waals surface area contributed by atoms with E-state index in [1.165, 1.54) is 6.42 Å². The van der Waals surface area contributed by atoms with E-state index < -0.39 is 5.41 Å². The van der Waals surface area contributed by atoms with Crippen molar-refractivity contribution in [2.24, 2.45) is 5.41 Å². The van der Waals surface area contributed by atoms with Crippen molar-refractivity contribution in [3.05, 3.63) is 30.1 Å². The first kappa shape index (κ1) is 14.0. The second-order valence-electron chi connectivity index (χ2n) is 5.94. The number of hydrogen-bond donors (Lipinski definition) is 1. The molecule has 3 rings (SSSR count). The summed E-state index contributed by atoms with van der Waals surface area (Å²) < 4.78 is 0. The number of aromatic nitrogens is 1. The van der Waals surface area contributed by atoms with Crippen LogP contribution in [0.2, 0.25) is 0 Å². The van der Waals surface area contributed by atoms with Crippen molar-refractivity contribution in [2.75, 3.05) is 13.1 Å². The van der Waals surface area contributed by atoms with Gasteiger partial charge in [0, 0.05) is 19.3 Å². The summed E-state index contributed by atoms with van der Waals surface area (Å²) in [5.74, 6) is -0.107. The van der Waals surface area contributed by atoms with E-state index in [0.717, 1.165) is 31.6 Å². The number of nitrogens with zero attached hydrogens (tertiary/aromatic N) is 2. The first-order chi connectivity index (χ1) is 10.2. The molecule has 5 nitrogen and oxygen atoms in total. The fourth-order valence-electron chi connectivity index (χ4n) is 2.91. The number of nitrogens with one attached hydrogen (secondary N) is 1. The highest BCUT2D eigenvalue weighted by Crippen LogP contribution is 2.47. The van der Waals surface area contributed by atoms with Crippen LogP contribution in [0, 0.1) is 5.41 Å². The number of piperidine rings is 1. The lowest BCUT2D eigenvalue weighted by Crippen LogP contribution is -2.46. The molecule has 2 heterocycles. The van der Waals surface area contributed by atoms with E-state index in [2.05, 4.69) is 10.3 Å². The van der Waals surface area contributed by atoms with Crippen LogP contribution in [-0.2, 0) is 16.1 Å². The van der Waals surface area contributed by atoms with Crippen molar-refractivity contribution in [3.8, 4) is 0 Å². The van der Waals surface area contributed by atoms with Crippen LogP contribution in [0.15, 0.2) is 24.4 Å². The smallest absolute Gasteiger partial charge is 0.238 e. The minimum atomic E-state index is -0.786. The molecule has 1 saturated carbocycles. The van der Waals surface area contributed by atoms with Gasteiger partial charge in [0.15, 0.2) is 0 Å². The van der Waals surface area contributed by atoms with E-state index in [4.69, 9.17) is 0 Å². The Morgan fingerprint density at radius 3 is 2.57 bits per heavy atom. The molecule has 2 aliphatic rings. The lowest BCUT2D eigenvalue weighted by atomic mass is 10.0. The SMILES string of the molecule is O=C(NCc1ccccn1)C1(C(=O)N2CCCCC2)CC1. The number of hydrogen-bond acceptors (Lipinski definition) is 3. The lowest BCUT2D eigenvalue weighted by Gasteiger charge is -2.30. The van der Waals surface area contributed by atoms with E-state index in [1.807, 2.05) is 23.1 Å². The Labute approximate surface area is 124 Å².